The van der Waals surface area contributed by atoms with Crippen molar-refractivity contribution < 1.29 is 5.11 Å². The molecule has 0 aliphatic carbocycles. The quantitative estimate of drug-likeness (QED) is 0.728. The van der Waals surface area contributed by atoms with Gasteiger partial charge in [0, 0.05) is 11.4 Å². The maximum Gasteiger partial charge on any atom is 0.257 e. The molecule has 1 unspecified atom stereocenters. The maximum atomic E-state index is 11.7. The van der Waals surface area contributed by atoms with Crippen LogP contribution < -0.4 is 10.9 Å². The molecule has 84 valence electrons. The molecule has 0 spiro atoms. The van der Waals surface area contributed by atoms with Crippen LogP contribution in [0.25, 0.3) is 10.8 Å². The molecule has 16 heavy (non-hydrogen) atoms. The van der Waals surface area contributed by atoms with Crippen molar-refractivity contribution in [3.05, 3.63) is 40.7 Å². The Morgan fingerprint density at radius 3 is 2.94 bits per heavy atom. The van der Waals surface area contributed by atoms with E-state index in [1.165, 1.54) is 0 Å². The van der Waals surface area contributed by atoms with Crippen LogP contribution in [0.2, 0.25) is 0 Å². The molecule has 0 aliphatic heterocycles. The molecule has 0 saturated heterocycles. The van der Waals surface area contributed by atoms with Crippen molar-refractivity contribution in [2.45, 2.75) is 13.0 Å². The van der Waals surface area contributed by atoms with E-state index in [1.807, 2.05) is 31.2 Å². The predicted molar refractivity (Wildman–Crippen MR) is 64.7 cm³/mol. The first kappa shape index (κ1) is 10.7. The van der Waals surface area contributed by atoms with Crippen molar-refractivity contribution >= 4 is 16.6 Å². The van der Waals surface area contributed by atoms with Crippen LogP contribution in [0.15, 0.2) is 35.1 Å². The van der Waals surface area contributed by atoms with E-state index in [-0.39, 0.29) is 18.2 Å². The fourth-order valence-electron chi connectivity index (χ4n) is 1.60. The predicted octanol–water partition coefficient (Wildman–Crippen LogP) is 1.32. The summed E-state index contributed by atoms with van der Waals surface area (Å²) in [4.78, 5) is 14.4. The van der Waals surface area contributed by atoms with Crippen molar-refractivity contribution in [1.82, 2.24) is 4.98 Å². The Bertz CT molecular complexity index is 548. The van der Waals surface area contributed by atoms with Gasteiger partial charge in [-0.1, -0.05) is 18.2 Å². The summed E-state index contributed by atoms with van der Waals surface area (Å²) < 4.78 is 0. The van der Waals surface area contributed by atoms with E-state index in [2.05, 4.69) is 10.3 Å². The van der Waals surface area contributed by atoms with Gasteiger partial charge in [0.1, 0.15) is 5.82 Å². The smallest absolute Gasteiger partial charge is 0.257 e. The fourth-order valence-corrected chi connectivity index (χ4v) is 1.60. The van der Waals surface area contributed by atoms with Crippen LogP contribution >= 0.6 is 0 Å². The first-order chi connectivity index (χ1) is 7.70. The molecule has 0 saturated carbocycles. The lowest BCUT2D eigenvalue weighted by Crippen LogP contribution is -2.22. The minimum Gasteiger partial charge on any atom is -0.394 e. The number of aliphatic hydroxyl groups is 1. The first-order valence-electron chi connectivity index (χ1n) is 5.20. The van der Waals surface area contributed by atoms with Crippen molar-refractivity contribution in [1.29, 1.82) is 0 Å². The summed E-state index contributed by atoms with van der Waals surface area (Å²) in [6, 6.07) is 9.18. The molecule has 4 heteroatoms. The number of H-pyrrole nitrogens is 1. The SMILES string of the molecule is CC(CO)Nc1cc2ccccc2c(=O)[nH]1. The van der Waals surface area contributed by atoms with Gasteiger partial charge in [0.2, 0.25) is 0 Å². The number of benzene rings is 1. The van der Waals surface area contributed by atoms with Gasteiger partial charge < -0.3 is 15.4 Å². The van der Waals surface area contributed by atoms with E-state index in [1.54, 1.807) is 6.07 Å². The topological polar surface area (TPSA) is 65.1 Å². The Kier molecular flexibility index (Phi) is 2.92. The summed E-state index contributed by atoms with van der Waals surface area (Å²) in [7, 11) is 0. The van der Waals surface area contributed by atoms with E-state index in [4.69, 9.17) is 5.11 Å². The third kappa shape index (κ3) is 2.06. The van der Waals surface area contributed by atoms with Crippen LogP contribution in [-0.4, -0.2) is 22.7 Å². The largest absolute Gasteiger partial charge is 0.394 e. The lowest BCUT2D eigenvalue weighted by Gasteiger charge is -2.12. The number of nitrogens with one attached hydrogen (secondary N) is 2. The molecule has 1 aromatic carbocycles. The number of rotatable bonds is 3. The highest BCUT2D eigenvalue weighted by Gasteiger charge is 2.03. The maximum absolute atomic E-state index is 11.7. The normalized spacial score (nSPS) is 12.6. The van der Waals surface area contributed by atoms with Crippen LogP contribution in [0.1, 0.15) is 6.92 Å². The first-order valence-corrected chi connectivity index (χ1v) is 5.20. The second kappa shape index (κ2) is 4.37. The van der Waals surface area contributed by atoms with Crippen LogP contribution in [0, 0.1) is 0 Å². The van der Waals surface area contributed by atoms with E-state index < -0.39 is 0 Å². The number of anilines is 1. The highest BCUT2D eigenvalue weighted by atomic mass is 16.3. The van der Waals surface area contributed by atoms with Crippen LogP contribution in [0.4, 0.5) is 5.82 Å². The number of pyridine rings is 1. The van der Waals surface area contributed by atoms with Crippen molar-refractivity contribution in [2.24, 2.45) is 0 Å². The third-order valence-corrected chi connectivity index (χ3v) is 2.43. The zero-order valence-electron chi connectivity index (χ0n) is 9.03. The van der Waals surface area contributed by atoms with E-state index in [0.717, 1.165) is 5.39 Å². The molecular weight excluding hydrogens is 204 g/mol. The molecule has 2 aromatic rings. The van der Waals surface area contributed by atoms with Gasteiger partial charge in [-0.3, -0.25) is 4.79 Å². The summed E-state index contributed by atoms with van der Waals surface area (Å²) >= 11 is 0. The van der Waals surface area contributed by atoms with Gasteiger partial charge in [-0.05, 0) is 24.4 Å². The van der Waals surface area contributed by atoms with Crippen molar-refractivity contribution in [3.8, 4) is 0 Å². The Balaban J connectivity index is 2.46. The van der Waals surface area contributed by atoms with Gasteiger partial charge in [0.15, 0.2) is 0 Å². The molecule has 0 radical (unpaired) electrons. The fraction of sp³-hybridized carbons (Fsp3) is 0.250. The molecule has 0 aliphatic rings. The number of hydrogen-bond donors (Lipinski definition) is 3. The molecule has 0 bridgehead atoms. The van der Waals surface area contributed by atoms with Crippen molar-refractivity contribution in [3.63, 3.8) is 0 Å². The molecule has 3 N–H and O–H groups in total. The minimum atomic E-state index is -0.120. The molecule has 0 amide bonds. The minimum absolute atomic E-state index is 0.0227. The average molecular weight is 218 g/mol. The second-order valence-corrected chi connectivity index (χ2v) is 3.83. The van der Waals surface area contributed by atoms with Gasteiger partial charge in [-0.15, -0.1) is 0 Å². The van der Waals surface area contributed by atoms with Gasteiger partial charge in [-0.25, -0.2) is 0 Å². The van der Waals surface area contributed by atoms with Gasteiger partial charge in [0.05, 0.1) is 6.61 Å². The number of aliphatic hydroxyl groups excluding tert-OH is 1. The molecule has 2 rings (SSSR count). The van der Waals surface area contributed by atoms with Gasteiger partial charge in [0.25, 0.3) is 5.56 Å². The number of hydrogen-bond acceptors (Lipinski definition) is 3. The average Bonchev–Trinajstić information content (AvgIpc) is 2.29. The number of aromatic nitrogens is 1. The summed E-state index contributed by atoms with van der Waals surface area (Å²) in [6.45, 7) is 1.86. The van der Waals surface area contributed by atoms with E-state index in [9.17, 15) is 4.79 Å². The summed E-state index contributed by atoms with van der Waals surface area (Å²) in [6.07, 6.45) is 0. The van der Waals surface area contributed by atoms with Gasteiger partial charge >= 0.3 is 0 Å². The van der Waals surface area contributed by atoms with Crippen LogP contribution in [0.5, 0.6) is 0 Å². The Hall–Kier alpha value is -1.81. The van der Waals surface area contributed by atoms with E-state index >= 15 is 0 Å². The summed E-state index contributed by atoms with van der Waals surface area (Å²) in [5, 5.41) is 13.5. The Morgan fingerprint density at radius 1 is 1.44 bits per heavy atom. The van der Waals surface area contributed by atoms with Crippen LogP contribution in [0.3, 0.4) is 0 Å². The number of aromatic amines is 1. The summed E-state index contributed by atoms with van der Waals surface area (Å²) in [5.74, 6) is 0.630. The molecular formula is C12H14N2O2. The van der Waals surface area contributed by atoms with E-state index in [0.29, 0.717) is 11.2 Å². The van der Waals surface area contributed by atoms with Crippen LogP contribution in [-0.2, 0) is 0 Å². The molecule has 1 heterocycles. The van der Waals surface area contributed by atoms with Gasteiger partial charge in [-0.2, -0.15) is 0 Å². The third-order valence-electron chi connectivity index (χ3n) is 2.43. The molecule has 0 fully saturated rings. The Labute approximate surface area is 92.9 Å². The number of fused-ring (bicyclic) bond motifs is 1. The Morgan fingerprint density at radius 2 is 2.19 bits per heavy atom. The highest BCUT2D eigenvalue weighted by Crippen LogP contribution is 2.13. The lowest BCUT2D eigenvalue weighted by atomic mass is 10.2. The highest BCUT2D eigenvalue weighted by molar-refractivity contribution is 5.83. The molecule has 1 aromatic heterocycles. The van der Waals surface area contributed by atoms with Crippen molar-refractivity contribution in [2.75, 3.05) is 11.9 Å². The summed E-state index contributed by atoms with van der Waals surface area (Å²) in [5.41, 5.74) is -0.120. The standard InChI is InChI=1S/C12H14N2O2/c1-8(7-15)13-11-6-9-4-2-3-5-10(9)12(16)14-11/h2-6,8,15H,7H2,1H3,(H2,13,14,16). The monoisotopic (exact) mass is 218 g/mol. The second-order valence-electron chi connectivity index (χ2n) is 3.83. The molecule has 1 atom stereocenters. The molecule has 4 nitrogen and oxygen atoms in total. The zero-order chi connectivity index (χ0) is 11.5. The lowest BCUT2D eigenvalue weighted by molar-refractivity contribution is 0.281. The zero-order valence-corrected chi connectivity index (χ0v) is 9.03.